The second-order valence-electron chi connectivity index (χ2n) is 7.18. The van der Waals surface area contributed by atoms with Gasteiger partial charge < -0.3 is 4.90 Å². The van der Waals surface area contributed by atoms with Crippen LogP contribution in [-0.2, 0) is 17.9 Å². The highest BCUT2D eigenvalue weighted by molar-refractivity contribution is 5.82. The van der Waals surface area contributed by atoms with E-state index in [1.807, 2.05) is 36.1 Å². The average molecular weight is 339 g/mol. The number of hydrogen-bond acceptors (Lipinski definition) is 3. The largest absolute Gasteiger partial charge is 0.338 e. The van der Waals surface area contributed by atoms with Crippen LogP contribution < -0.4 is 0 Å². The SMILES string of the molecule is Cc1cccc(CN2C[C@@H]3CN(Cc4cccc(F)c4)C(=O)[C@@H]3C2)n1. The first-order chi connectivity index (χ1) is 12.1. The molecule has 0 unspecified atom stereocenters. The second kappa shape index (κ2) is 6.56. The lowest BCUT2D eigenvalue weighted by molar-refractivity contribution is -0.131. The van der Waals surface area contributed by atoms with Crippen LogP contribution >= 0.6 is 0 Å². The maximum absolute atomic E-state index is 13.3. The van der Waals surface area contributed by atoms with E-state index in [4.69, 9.17) is 0 Å². The Balaban J connectivity index is 1.38. The number of aryl methyl sites for hydroxylation is 1. The summed E-state index contributed by atoms with van der Waals surface area (Å²) in [6.07, 6.45) is 0. The van der Waals surface area contributed by atoms with Crippen LogP contribution in [0.5, 0.6) is 0 Å². The van der Waals surface area contributed by atoms with Gasteiger partial charge in [0.2, 0.25) is 5.91 Å². The van der Waals surface area contributed by atoms with Gasteiger partial charge in [-0.05, 0) is 36.8 Å². The van der Waals surface area contributed by atoms with E-state index in [2.05, 4.69) is 9.88 Å². The lowest BCUT2D eigenvalue weighted by Gasteiger charge is -2.21. The molecule has 4 nitrogen and oxygen atoms in total. The Labute approximate surface area is 147 Å². The fraction of sp³-hybridized carbons (Fsp3) is 0.400. The van der Waals surface area contributed by atoms with E-state index in [1.54, 1.807) is 6.07 Å². The molecule has 4 rings (SSSR count). The van der Waals surface area contributed by atoms with Crippen molar-refractivity contribution in [2.75, 3.05) is 19.6 Å². The minimum absolute atomic E-state index is 0.0679. The summed E-state index contributed by atoms with van der Waals surface area (Å²) in [4.78, 5) is 21.5. The van der Waals surface area contributed by atoms with E-state index in [0.717, 1.165) is 43.1 Å². The van der Waals surface area contributed by atoms with E-state index in [9.17, 15) is 9.18 Å². The van der Waals surface area contributed by atoms with Gasteiger partial charge in [0.05, 0.1) is 11.6 Å². The minimum Gasteiger partial charge on any atom is -0.338 e. The molecule has 0 spiro atoms. The fourth-order valence-corrected chi connectivity index (χ4v) is 4.08. The van der Waals surface area contributed by atoms with Gasteiger partial charge in [-0.3, -0.25) is 14.7 Å². The Bertz CT molecular complexity index is 794. The normalized spacial score (nSPS) is 23.3. The number of fused-ring (bicyclic) bond motifs is 1. The molecule has 25 heavy (non-hydrogen) atoms. The molecule has 2 fully saturated rings. The molecule has 0 bridgehead atoms. The summed E-state index contributed by atoms with van der Waals surface area (Å²) >= 11 is 0. The average Bonchev–Trinajstić information content (AvgIpc) is 3.07. The zero-order valence-corrected chi connectivity index (χ0v) is 14.4. The van der Waals surface area contributed by atoms with Gasteiger partial charge in [-0.25, -0.2) is 4.39 Å². The third kappa shape index (κ3) is 3.42. The summed E-state index contributed by atoms with van der Waals surface area (Å²) in [7, 11) is 0. The Hall–Kier alpha value is -2.27. The molecule has 3 heterocycles. The van der Waals surface area contributed by atoms with Crippen LogP contribution in [0.3, 0.4) is 0 Å². The lowest BCUT2D eigenvalue weighted by Crippen LogP contribution is -2.32. The molecule has 1 aromatic carbocycles. The first kappa shape index (κ1) is 16.2. The predicted molar refractivity (Wildman–Crippen MR) is 93.0 cm³/mol. The zero-order chi connectivity index (χ0) is 17.4. The van der Waals surface area contributed by atoms with Gasteiger partial charge in [-0.1, -0.05) is 18.2 Å². The van der Waals surface area contributed by atoms with Crippen molar-refractivity contribution in [3.8, 4) is 0 Å². The number of carbonyl (C=O) groups is 1. The van der Waals surface area contributed by atoms with Gasteiger partial charge in [0, 0.05) is 44.3 Å². The van der Waals surface area contributed by atoms with Crippen molar-refractivity contribution in [2.45, 2.75) is 20.0 Å². The van der Waals surface area contributed by atoms with Crippen LogP contribution in [0.4, 0.5) is 4.39 Å². The molecule has 1 amide bonds. The Morgan fingerprint density at radius 3 is 2.72 bits per heavy atom. The molecular formula is C20H22FN3O. The molecule has 2 aromatic rings. The highest BCUT2D eigenvalue weighted by Crippen LogP contribution is 2.33. The van der Waals surface area contributed by atoms with Crippen LogP contribution in [0, 0.1) is 24.6 Å². The summed E-state index contributed by atoms with van der Waals surface area (Å²) in [6.45, 7) is 5.77. The van der Waals surface area contributed by atoms with Crippen molar-refractivity contribution in [1.29, 1.82) is 0 Å². The Kier molecular flexibility index (Phi) is 4.25. The predicted octanol–water partition coefficient (Wildman–Crippen LogP) is 2.62. The molecule has 2 aliphatic rings. The third-order valence-corrected chi connectivity index (χ3v) is 5.19. The number of hydrogen-bond donors (Lipinski definition) is 0. The molecule has 0 saturated carbocycles. The third-order valence-electron chi connectivity index (χ3n) is 5.19. The van der Waals surface area contributed by atoms with Gasteiger partial charge in [-0.2, -0.15) is 0 Å². The quantitative estimate of drug-likeness (QED) is 0.859. The van der Waals surface area contributed by atoms with Crippen LogP contribution in [-0.4, -0.2) is 40.3 Å². The van der Waals surface area contributed by atoms with Gasteiger partial charge in [0.15, 0.2) is 0 Å². The molecule has 0 aliphatic carbocycles. The number of amides is 1. The van der Waals surface area contributed by atoms with E-state index >= 15 is 0 Å². The Morgan fingerprint density at radius 2 is 1.96 bits per heavy atom. The molecule has 2 atom stereocenters. The standard InChI is InChI=1S/C20H22FN3O/c1-14-4-2-7-18(22-14)12-23-10-16-11-24(20(25)19(16)13-23)9-15-5-3-6-17(21)8-15/h2-8,16,19H,9-13H2,1H3/t16-,19-/m1/s1. The van der Waals surface area contributed by atoms with Gasteiger partial charge in [0.1, 0.15) is 5.82 Å². The number of pyridine rings is 1. The van der Waals surface area contributed by atoms with Gasteiger partial charge in [0.25, 0.3) is 0 Å². The minimum atomic E-state index is -0.249. The number of aromatic nitrogens is 1. The van der Waals surface area contributed by atoms with Gasteiger partial charge in [-0.15, -0.1) is 0 Å². The smallest absolute Gasteiger partial charge is 0.227 e. The van der Waals surface area contributed by atoms with E-state index < -0.39 is 0 Å². The molecule has 1 aromatic heterocycles. The van der Waals surface area contributed by atoms with Crippen LogP contribution in [0.1, 0.15) is 17.0 Å². The molecule has 0 radical (unpaired) electrons. The lowest BCUT2D eigenvalue weighted by atomic mass is 10.0. The summed E-state index contributed by atoms with van der Waals surface area (Å²) in [5.74, 6) is 0.388. The molecule has 5 heteroatoms. The van der Waals surface area contributed by atoms with Crippen LogP contribution in [0.25, 0.3) is 0 Å². The maximum atomic E-state index is 13.3. The molecule has 2 aliphatic heterocycles. The summed E-state index contributed by atoms with van der Waals surface area (Å²) in [6, 6.07) is 12.6. The van der Waals surface area contributed by atoms with Crippen LogP contribution in [0.2, 0.25) is 0 Å². The van der Waals surface area contributed by atoms with Crippen LogP contribution in [0.15, 0.2) is 42.5 Å². The number of nitrogens with zero attached hydrogens (tertiary/aromatic N) is 3. The Morgan fingerprint density at radius 1 is 1.12 bits per heavy atom. The van der Waals surface area contributed by atoms with Crippen molar-refractivity contribution in [1.82, 2.24) is 14.8 Å². The zero-order valence-electron chi connectivity index (χ0n) is 14.4. The highest BCUT2D eigenvalue weighted by atomic mass is 19.1. The maximum Gasteiger partial charge on any atom is 0.227 e. The monoisotopic (exact) mass is 339 g/mol. The first-order valence-electron chi connectivity index (χ1n) is 8.76. The number of halogens is 1. The molecule has 2 saturated heterocycles. The number of likely N-dealkylation sites (tertiary alicyclic amines) is 2. The summed E-state index contributed by atoms with van der Waals surface area (Å²) in [5.41, 5.74) is 2.94. The number of benzene rings is 1. The van der Waals surface area contributed by atoms with Crippen molar-refractivity contribution in [2.24, 2.45) is 11.8 Å². The van der Waals surface area contributed by atoms with Crippen molar-refractivity contribution in [3.05, 3.63) is 65.2 Å². The molecule has 0 N–H and O–H groups in total. The van der Waals surface area contributed by atoms with E-state index in [1.165, 1.54) is 12.1 Å². The first-order valence-corrected chi connectivity index (χ1v) is 8.76. The van der Waals surface area contributed by atoms with E-state index in [-0.39, 0.29) is 17.6 Å². The highest BCUT2D eigenvalue weighted by Gasteiger charge is 2.45. The fourth-order valence-electron chi connectivity index (χ4n) is 4.08. The van der Waals surface area contributed by atoms with Crippen molar-refractivity contribution >= 4 is 5.91 Å². The molecular weight excluding hydrogens is 317 g/mol. The van der Waals surface area contributed by atoms with Crippen molar-refractivity contribution < 1.29 is 9.18 Å². The summed E-state index contributed by atoms with van der Waals surface area (Å²) < 4.78 is 13.3. The second-order valence-corrected chi connectivity index (χ2v) is 7.18. The summed E-state index contributed by atoms with van der Waals surface area (Å²) in [5, 5.41) is 0. The van der Waals surface area contributed by atoms with Gasteiger partial charge >= 0.3 is 0 Å². The van der Waals surface area contributed by atoms with Crippen molar-refractivity contribution in [3.63, 3.8) is 0 Å². The van der Waals surface area contributed by atoms with E-state index in [0.29, 0.717) is 12.5 Å². The number of carbonyl (C=O) groups excluding carboxylic acids is 1. The molecule has 130 valence electrons. The number of rotatable bonds is 4. The topological polar surface area (TPSA) is 36.4 Å².